The first-order chi connectivity index (χ1) is 8.15. The van der Waals surface area contributed by atoms with Crippen LogP contribution in [0.4, 0.5) is 5.69 Å². The lowest BCUT2D eigenvalue weighted by Gasteiger charge is -2.08. The van der Waals surface area contributed by atoms with Gasteiger partial charge in [-0.15, -0.1) is 0 Å². The molecule has 0 spiro atoms. The fourth-order valence-electron chi connectivity index (χ4n) is 1.53. The molecule has 2 aromatic rings. The molecule has 0 amide bonds. The van der Waals surface area contributed by atoms with Gasteiger partial charge in [0, 0.05) is 12.1 Å². The summed E-state index contributed by atoms with van der Waals surface area (Å²) in [5.74, 6) is 0.296. The number of hydrogen-bond acceptors (Lipinski definition) is 3. The number of aromatic hydroxyl groups is 1. The minimum atomic E-state index is 0.296. The zero-order valence-corrected chi connectivity index (χ0v) is 10.2. The van der Waals surface area contributed by atoms with E-state index in [4.69, 9.17) is 11.6 Å². The quantitative estimate of drug-likeness (QED) is 0.819. The van der Waals surface area contributed by atoms with E-state index >= 15 is 0 Å². The van der Waals surface area contributed by atoms with Crippen LogP contribution in [0.2, 0.25) is 5.15 Å². The van der Waals surface area contributed by atoms with Crippen LogP contribution in [0, 0.1) is 6.92 Å². The molecule has 0 atom stereocenters. The Morgan fingerprint density at radius 1 is 1.29 bits per heavy atom. The van der Waals surface area contributed by atoms with E-state index in [0.29, 0.717) is 17.4 Å². The number of aromatic nitrogens is 1. The van der Waals surface area contributed by atoms with Crippen molar-refractivity contribution in [3.05, 3.63) is 52.8 Å². The van der Waals surface area contributed by atoms with Gasteiger partial charge in [-0.05, 0) is 25.1 Å². The number of aryl methyl sites for hydroxylation is 1. The van der Waals surface area contributed by atoms with Gasteiger partial charge in [0.1, 0.15) is 10.9 Å². The minimum Gasteiger partial charge on any atom is -0.508 e. The van der Waals surface area contributed by atoms with Gasteiger partial charge in [0.25, 0.3) is 0 Å². The maximum absolute atomic E-state index is 9.68. The predicted molar refractivity (Wildman–Crippen MR) is 69.4 cm³/mol. The van der Waals surface area contributed by atoms with Gasteiger partial charge in [-0.2, -0.15) is 0 Å². The van der Waals surface area contributed by atoms with Gasteiger partial charge >= 0.3 is 0 Å². The number of nitrogens with one attached hydrogen (secondary N) is 1. The number of rotatable bonds is 3. The van der Waals surface area contributed by atoms with E-state index in [0.717, 1.165) is 16.8 Å². The summed E-state index contributed by atoms with van der Waals surface area (Å²) in [5, 5.41) is 13.3. The summed E-state index contributed by atoms with van der Waals surface area (Å²) < 4.78 is 0. The molecular formula is C13H13ClN2O. The van der Waals surface area contributed by atoms with Crippen molar-refractivity contribution in [2.45, 2.75) is 13.5 Å². The highest BCUT2D eigenvalue weighted by Crippen LogP contribution is 2.19. The van der Waals surface area contributed by atoms with Gasteiger partial charge in [-0.3, -0.25) is 0 Å². The fraction of sp³-hybridized carbons (Fsp3) is 0.154. The molecule has 0 aliphatic heterocycles. The molecule has 1 heterocycles. The highest BCUT2D eigenvalue weighted by molar-refractivity contribution is 6.29. The average molecular weight is 249 g/mol. The van der Waals surface area contributed by atoms with Gasteiger partial charge in [0.2, 0.25) is 0 Å². The third kappa shape index (κ3) is 3.11. The molecule has 0 radical (unpaired) electrons. The summed E-state index contributed by atoms with van der Waals surface area (Å²) in [6.45, 7) is 2.55. The number of nitrogens with zero attached hydrogens (tertiary/aromatic N) is 1. The second kappa shape index (κ2) is 5.06. The third-order valence-corrected chi connectivity index (χ3v) is 2.67. The molecule has 3 nitrogen and oxygen atoms in total. The summed E-state index contributed by atoms with van der Waals surface area (Å²) in [6, 6.07) is 9.10. The van der Waals surface area contributed by atoms with Crippen molar-refractivity contribution in [1.82, 2.24) is 4.98 Å². The van der Waals surface area contributed by atoms with Crippen molar-refractivity contribution < 1.29 is 5.11 Å². The standard InChI is InChI=1S/C13H13ClN2O/c1-9-2-4-12(17)10(6-9)7-15-11-3-5-13(14)16-8-11/h2-6,8,15,17H,7H2,1H3. The number of hydrogen-bond donors (Lipinski definition) is 2. The molecule has 0 aliphatic carbocycles. The monoisotopic (exact) mass is 248 g/mol. The van der Waals surface area contributed by atoms with Crippen LogP contribution in [0.15, 0.2) is 36.5 Å². The number of anilines is 1. The van der Waals surface area contributed by atoms with Gasteiger partial charge in [-0.25, -0.2) is 4.98 Å². The third-order valence-electron chi connectivity index (χ3n) is 2.45. The SMILES string of the molecule is Cc1ccc(O)c(CNc2ccc(Cl)nc2)c1. The van der Waals surface area contributed by atoms with Crippen LogP contribution >= 0.6 is 11.6 Å². The highest BCUT2D eigenvalue weighted by atomic mass is 35.5. The maximum atomic E-state index is 9.68. The summed E-state index contributed by atoms with van der Waals surface area (Å²) in [4.78, 5) is 3.97. The Bertz CT molecular complexity index is 511. The molecule has 0 bridgehead atoms. The smallest absolute Gasteiger partial charge is 0.129 e. The topological polar surface area (TPSA) is 45.1 Å². The summed E-state index contributed by atoms with van der Waals surface area (Å²) in [5.41, 5.74) is 2.85. The lowest BCUT2D eigenvalue weighted by atomic mass is 10.1. The Morgan fingerprint density at radius 2 is 2.12 bits per heavy atom. The predicted octanol–water partition coefficient (Wildman–Crippen LogP) is 3.36. The number of halogens is 1. The van der Waals surface area contributed by atoms with E-state index in [2.05, 4.69) is 10.3 Å². The molecule has 0 saturated heterocycles. The highest BCUT2D eigenvalue weighted by Gasteiger charge is 2.01. The molecule has 88 valence electrons. The number of phenols is 1. The largest absolute Gasteiger partial charge is 0.508 e. The average Bonchev–Trinajstić information content (AvgIpc) is 2.32. The Hall–Kier alpha value is -1.74. The molecule has 0 fully saturated rings. The first-order valence-electron chi connectivity index (χ1n) is 5.29. The van der Waals surface area contributed by atoms with E-state index in [1.54, 1.807) is 18.3 Å². The Morgan fingerprint density at radius 3 is 2.82 bits per heavy atom. The molecule has 2 rings (SSSR count). The molecule has 1 aromatic heterocycles. The van der Waals surface area contributed by atoms with Crippen molar-refractivity contribution in [2.24, 2.45) is 0 Å². The van der Waals surface area contributed by atoms with Gasteiger partial charge in [0.15, 0.2) is 0 Å². The van der Waals surface area contributed by atoms with E-state index in [9.17, 15) is 5.11 Å². The number of phenolic OH excluding ortho intramolecular Hbond substituents is 1. The van der Waals surface area contributed by atoms with Crippen molar-refractivity contribution in [3.63, 3.8) is 0 Å². The normalized spacial score (nSPS) is 10.2. The molecule has 0 aliphatic rings. The second-order valence-corrected chi connectivity index (χ2v) is 4.24. The molecule has 2 N–H and O–H groups in total. The number of pyridine rings is 1. The minimum absolute atomic E-state index is 0.296. The van der Waals surface area contributed by atoms with Crippen LogP contribution in [0.3, 0.4) is 0 Å². The summed E-state index contributed by atoms with van der Waals surface area (Å²) >= 11 is 5.70. The Balaban J connectivity index is 2.07. The zero-order valence-electron chi connectivity index (χ0n) is 9.44. The van der Waals surface area contributed by atoms with Crippen molar-refractivity contribution in [1.29, 1.82) is 0 Å². The van der Waals surface area contributed by atoms with E-state index in [1.165, 1.54) is 0 Å². The van der Waals surface area contributed by atoms with Gasteiger partial charge in [0.05, 0.1) is 11.9 Å². The molecule has 0 saturated carbocycles. The van der Waals surface area contributed by atoms with Crippen molar-refractivity contribution in [2.75, 3.05) is 5.32 Å². The summed E-state index contributed by atoms with van der Waals surface area (Å²) in [6.07, 6.45) is 1.66. The fourth-order valence-corrected chi connectivity index (χ4v) is 1.65. The van der Waals surface area contributed by atoms with Gasteiger partial charge < -0.3 is 10.4 Å². The summed E-state index contributed by atoms with van der Waals surface area (Å²) in [7, 11) is 0. The van der Waals surface area contributed by atoms with Gasteiger partial charge in [-0.1, -0.05) is 29.3 Å². The molecule has 0 unspecified atom stereocenters. The molecular weight excluding hydrogens is 236 g/mol. The van der Waals surface area contributed by atoms with Crippen LogP contribution in [-0.4, -0.2) is 10.1 Å². The van der Waals surface area contributed by atoms with E-state index in [1.807, 2.05) is 25.1 Å². The first kappa shape index (κ1) is 11.7. The Labute approximate surface area is 105 Å². The van der Waals surface area contributed by atoms with Crippen LogP contribution < -0.4 is 5.32 Å². The van der Waals surface area contributed by atoms with E-state index < -0.39 is 0 Å². The van der Waals surface area contributed by atoms with Crippen LogP contribution in [-0.2, 0) is 6.54 Å². The Kier molecular flexibility index (Phi) is 3.49. The second-order valence-electron chi connectivity index (χ2n) is 3.86. The zero-order chi connectivity index (χ0) is 12.3. The van der Waals surface area contributed by atoms with Crippen LogP contribution in [0.5, 0.6) is 5.75 Å². The van der Waals surface area contributed by atoms with Crippen molar-refractivity contribution >= 4 is 17.3 Å². The number of benzene rings is 1. The van der Waals surface area contributed by atoms with Crippen LogP contribution in [0.1, 0.15) is 11.1 Å². The molecule has 4 heteroatoms. The molecule has 17 heavy (non-hydrogen) atoms. The maximum Gasteiger partial charge on any atom is 0.129 e. The lowest BCUT2D eigenvalue weighted by molar-refractivity contribution is 0.469. The van der Waals surface area contributed by atoms with E-state index in [-0.39, 0.29) is 0 Å². The lowest BCUT2D eigenvalue weighted by Crippen LogP contribution is -2.00. The molecule has 1 aromatic carbocycles. The van der Waals surface area contributed by atoms with Crippen molar-refractivity contribution in [3.8, 4) is 5.75 Å². The van der Waals surface area contributed by atoms with Crippen LogP contribution in [0.25, 0.3) is 0 Å². The first-order valence-corrected chi connectivity index (χ1v) is 5.67.